The van der Waals surface area contributed by atoms with Gasteiger partial charge in [-0.2, -0.15) is 8.42 Å². The van der Waals surface area contributed by atoms with Crippen LogP contribution in [0.1, 0.15) is 47.8 Å². The van der Waals surface area contributed by atoms with Crippen molar-refractivity contribution >= 4 is 28.2 Å². The molecule has 0 radical (unpaired) electrons. The molecular formula is C31H37NO8S. The number of rotatable bonds is 15. The summed E-state index contributed by atoms with van der Waals surface area (Å²) in [7, 11) is -3.79. The highest BCUT2D eigenvalue weighted by Crippen LogP contribution is 2.16. The Morgan fingerprint density at radius 2 is 1.37 bits per heavy atom. The molecule has 0 aliphatic heterocycles. The van der Waals surface area contributed by atoms with Crippen LogP contribution in [0.25, 0.3) is 12.2 Å². The molecule has 0 aliphatic carbocycles. The van der Waals surface area contributed by atoms with Crippen LogP contribution in [0.5, 0.6) is 5.88 Å². The van der Waals surface area contributed by atoms with Crippen molar-refractivity contribution in [3.63, 3.8) is 0 Å². The first-order valence-electron chi connectivity index (χ1n) is 13.2. The number of aryl methyl sites for hydroxylation is 1. The number of esters is 1. The van der Waals surface area contributed by atoms with Gasteiger partial charge < -0.3 is 18.9 Å². The van der Waals surface area contributed by atoms with Crippen molar-refractivity contribution in [2.24, 2.45) is 0 Å². The van der Waals surface area contributed by atoms with E-state index in [4.69, 9.17) is 23.1 Å². The fourth-order valence-electron chi connectivity index (χ4n) is 3.34. The molecule has 2 aromatic carbocycles. The molecule has 0 unspecified atom stereocenters. The van der Waals surface area contributed by atoms with Gasteiger partial charge in [0.15, 0.2) is 0 Å². The summed E-state index contributed by atoms with van der Waals surface area (Å²) in [5.41, 5.74) is 2.79. The van der Waals surface area contributed by atoms with Gasteiger partial charge in [0.25, 0.3) is 10.1 Å². The van der Waals surface area contributed by atoms with E-state index in [1.165, 1.54) is 12.1 Å². The number of ether oxygens (including phenoxy) is 4. The van der Waals surface area contributed by atoms with Crippen molar-refractivity contribution in [2.75, 3.05) is 39.6 Å². The molecule has 0 N–H and O–H groups in total. The molecule has 9 nitrogen and oxygen atoms in total. The lowest BCUT2D eigenvalue weighted by Crippen LogP contribution is -2.23. The molecule has 41 heavy (non-hydrogen) atoms. The Bertz CT molecular complexity index is 1360. The molecule has 0 bridgehead atoms. The van der Waals surface area contributed by atoms with E-state index in [2.05, 4.69) is 4.98 Å². The Hall–Kier alpha value is -3.57. The van der Waals surface area contributed by atoms with Gasteiger partial charge in [-0.1, -0.05) is 42.0 Å². The first kappa shape index (κ1) is 32.0. The molecule has 0 atom stereocenters. The number of hydrogen-bond acceptors (Lipinski definition) is 9. The summed E-state index contributed by atoms with van der Waals surface area (Å²) in [6, 6.07) is 17.3. The van der Waals surface area contributed by atoms with Crippen LogP contribution < -0.4 is 4.74 Å². The Morgan fingerprint density at radius 1 is 0.780 bits per heavy atom. The predicted octanol–water partition coefficient (Wildman–Crippen LogP) is 5.33. The van der Waals surface area contributed by atoms with Gasteiger partial charge in [0.1, 0.15) is 12.2 Å². The highest BCUT2D eigenvalue weighted by molar-refractivity contribution is 7.86. The van der Waals surface area contributed by atoms with Crippen LogP contribution in [0.3, 0.4) is 0 Å². The van der Waals surface area contributed by atoms with Crippen molar-refractivity contribution < 1.29 is 36.3 Å². The summed E-state index contributed by atoms with van der Waals surface area (Å²) in [6.07, 6.45) is 5.56. The number of pyridine rings is 1. The molecule has 3 aromatic rings. The smallest absolute Gasteiger partial charge is 0.338 e. The predicted molar refractivity (Wildman–Crippen MR) is 156 cm³/mol. The maximum Gasteiger partial charge on any atom is 0.338 e. The topological polar surface area (TPSA) is 110 Å². The van der Waals surface area contributed by atoms with Crippen LogP contribution in [-0.2, 0) is 28.5 Å². The van der Waals surface area contributed by atoms with Crippen molar-refractivity contribution in [2.45, 2.75) is 38.2 Å². The Morgan fingerprint density at radius 3 is 1.98 bits per heavy atom. The van der Waals surface area contributed by atoms with Crippen LogP contribution in [0.4, 0.5) is 0 Å². The average molecular weight is 584 g/mol. The number of aromatic nitrogens is 1. The monoisotopic (exact) mass is 583 g/mol. The fourth-order valence-corrected chi connectivity index (χ4v) is 4.23. The minimum Gasteiger partial charge on any atom is -0.475 e. The maximum atomic E-state index is 12.1. The number of benzene rings is 2. The van der Waals surface area contributed by atoms with Crippen LogP contribution in [-0.4, -0.2) is 64.6 Å². The highest BCUT2D eigenvalue weighted by Gasteiger charge is 2.17. The molecular weight excluding hydrogens is 546 g/mol. The quantitative estimate of drug-likeness (QED) is 0.133. The molecule has 0 amide bonds. The van der Waals surface area contributed by atoms with E-state index in [0.29, 0.717) is 37.9 Å². The second kappa shape index (κ2) is 15.4. The van der Waals surface area contributed by atoms with E-state index in [-0.39, 0.29) is 24.1 Å². The standard InChI is InChI=1S/C31H37NO8S/c1-24-5-14-28(15-6-24)41(34,35)39-22-20-37-18-17-36-19-21-38-29-16-11-26(23-32-29)8-7-25-9-12-27(13-10-25)30(33)40-31(2,3)4/h5-16,23H,17-22H2,1-4H3/b8-7+. The summed E-state index contributed by atoms with van der Waals surface area (Å²) in [6.45, 7) is 8.77. The largest absolute Gasteiger partial charge is 0.475 e. The molecule has 0 saturated carbocycles. The molecule has 10 heteroatoms. The zero-order valence-electron chi connectivity index (χ0n) is 23.9. The lowest BCUT2D eigenvalue weighted by Gasteiger charge is -2.19. The van der Waals surface area contributed by atoms with Gasteiger partial charge in [-0.15, -0.1) is 0 Å². The van der Waals surface area contributed by atoms with Gasteiger partial charge in [-0.25, -0.2) is 9.78 Å². The summed E-state index contributed by atoms with van der Waals surface area (Å²) in [4.78, 5) is 16.6. The van der Waals surface area contributed by atoms with Crippen molar-refractivity contribution in [1.29, 1.82) is 0 Å². The van der Waals surface area contributed by atoms with E-state index in [1.54, 1.807) is 36.5 Å². The number of carbonyl (C=O) groups is 1. The van der Waals surface area contributed by atoms with Crippen LogP contribution in [0.15, 0.2) is 71.8 Å². The molecule has 1 aromatic heterocycles. The molecule has 0 spiro atoms. The third kappa shape index (κ3) is 11.8. The van der Waals surface area contributed by atoms with Gasteiger partial charge in [-0.05, 0) is 69.2 Å². The van der Waals surface area contributed by atoms with E-state index in [0.717, 1.165) is 16.7 Å². The fraction of sp³-hybridized carbons (Fsp3) is 0.355. The van der Waals surface area contributed by atoms with Gasteiger partial charge in [0.2, 0.25) is 5.88 Å². The number of nitrogens with zero attached hydrogens (tertiary/aromatic N) is 1. The minimum absolute atomic E-state index is 0.0729. The maximum absolute atomic E-state index is 12.1. The summed E-state index contributed by atoms with van der Waals surface area (Å²) >= 11 is 0. The van der Waals surface area contributed by atoms with E-state index in [9.17, 15) is 13.2 Å². The number of carbonyl (C=O) groups excluding carboxylic acids is 1. The second-order valence-corrected chi connectivity index (χ2v) is 11.7. The van der Waals surface area contributed by atoms with E-state index < -0.39 is 15.7 Å². The summed E-state index contributed by atoms with van der Waals surface area (Å²) in [5.74, 6) is 0.136. The Labute approximate surface area is 242 Å². The minimum atomic E-state index is -3.79. The molecule has 220 valence electrons. The van der Waals surface area contributed by atoms with Crippen LogP contribution in [0.2, 0.25) is 0 Å². The average Bonchev–Trinajstić information content (AvgIpc) is 2.93. The lowest BCUT2D eigenvalue weighted by molar-refractivity contribution is 0.00694. The van der Waals surface area contributed by atoms with Crippen LogP contribution >= 0.6 is 0 Å². The molecule has 3 rings (SSSR count). The molecule has 0 fully saturated rings. The van der Waals surface area contributed by atoms with Gasteiger partial charge in [0.05, 0.1) is 43.5 Å². The zero-order chi connectivity index (χ0) is 29.7. The first-order valence-corrected chi connectivity index (χ1v) is 14.6. The second-order valence-electron chi connectivity index (χ2n) is 10.0. The van der Waals surface area contributed by atoms with Crippen molar-refractivity contribution in [3.8, 4) is 5.88 Å². The number of hydrogen-bond donors (Lipinski definition) is 0. The van der Waals surface area contributed by atoms with E-state index >= 15 is 0 Å². The molecule has 1 heterocycles. The first-order chi connectivity index (χ1) is 19.5. The summed E-state index contributed by atoms with van der Waals surface area (Å²) in [5, 5.41) is 0. The molecule has 0 aliphatic rings. The van der Waals surface area contributed by atoms with E-state index in [1.807, 2.05) is 58.0 Å². The van der Waals surface area contributed by atoms with Gasteiger partial charge >= 0.3 is 5.97 Å². The van der Waals surface area contributed by atoms with Gasteiger partial charge in [-0.3, -0.25) is 4.18 Å². The third-order valence-corrected chi connectivity index (χ3v) is 6.72. The third-order valence-electron chi connectivity index (χ3n) is 5.40. The summed E-state index contributed by atoms with van der Waals surface area (Å²) < 4.78 is 51.0. The lowest BCUT2D eigenvalue weighted by atomic mass is 10.1. The Balaban J connectivity index is 1.26. The molecule has 0 saturated heterocycles. The van der Waals surface area contributed by atoms with Crippen LogP contribution in [0, 0.1) is 6.92 Å². The van der Waals surface area contributed by atoms with Crippen molar-refractivity contribution in [3.05, 3.63) is 89.1 Å². The van der Waals surface area contributed by atoms with Crippen molar-refractivity contribution in [1.82, 2.24) is 4.98 Å². The normalized spacial score (nSPS) is 12.0. The highest BCUT2D eigenvalue weighted by atomic mass is 32.2. The SMILES string of the molecule is Cc1ccc(S(=O)(=O)OCCOCCOCCOc2ccc(/C=C/c3ccc(C(=O)OC(C)(C)C)cc3)cn2)cc1. The Kier molecular flexibility index (Phi) is 12.0. The zero-order valence-corrected chi connectivity index (χ0v) is 24.7. The van der Waals surface area contributed by atoms with Gasteiger partial charge in [0, 0.05) is 12.3 Å².